The Kier molecular flexibility index (Phi) is 76.0. The first kappa shape index (κ1) is 83.3. The first-order valence-electron chi connectivity index (χ1n) is 27.5. The smallest absolute Gasteiger partial charge is 0.128 e. The Bertz CT molecular complexity index is 1970. The Balaban J connectivity index is -0.000000148. The van der Waals surface area contributed by atoms with Crippen molar-refractivity contribution in [2.24, 2.45) is 11.8 Å². The van der Waals surface area contributed by atoms with Crippen LogP contribution in [0.25, 0.3) is 43.1 Å². The summed E-state index contributed by atoms with van der Waals surface area (Å²) < 4.78 is 5.99. The third kappa shape index (κ3) is 54.4. The van der Waals surface area contributed by atoms with Gasteiger partial charge >= 0.3 is 0 Å². The van der Waals surface area contributed by atoms with Crippen molar-refractivity contribution in [2.45, 2.75) is 138 Å². The molecule has 0 aliphatic heterocycles. The SMILES string of the molecule is CC.CC.CC.CC.CC(C)C.CC(C)C.CCO.CCO.CCO.CCO.CCO.CCO.c1ccc2cc(Oc3ccc4ccccc4c3)ccc2c1.c1ccc2ccccc2c1.c1ccc2ccccc2c1. The second kappa shape index (κ2) is 68.4. The van der Waals surface area contributed by atoms with Gasteiger partial charge in [-0.05, 0) is 121 Å². The van der Waals surface area contributed by atoms with Gasteiger partial charge in [0.25, 0.3) is 0 Å². The van der Waals surface area contributed by atoms with Gasteiger partial charge in [0.05, 0.1) is 0 Å². The van der Waals surface area contributed by atoms with Crippen molar-refractivity contribution in [3.63, 3.8) is 0 Å². The maximum Gasteiger partial charge on any atom is 0.128 e. The molecule has 7 nitrogen and oxygen atoms in total. The molecule has 7 heteroatoms. The average Bonchev–Trinajstić information content (AvgIpc) is 3.42. The zero-order valence-corrected chi connectivity index (χ0v) is 50.8. The lowest BCUT2D eigenvalue weighted by Gasteiger charge is -2.08. The van der Waals surface area contributed by atoms with Crippen LogP contribution in [0, 0.1) is 11.8 Å². The predicted octanol–water partition coefficient (Wildman–Crippen LogP) is 18.9. The molecule has 424 valence electrons. The average molecular weight is 1040 g/mol. The van der Waals surface area contributed by atoms with Crippen LogP contribution in [0.2, 0.25) is 0 Å². The highest BCUT2D eigenvalue weighted by atomic mass is 16.5. The van der Waals surface area contributed by atoms with E-state index in [1.54, 1.807) is 41.5 Å². The summed E-state index contributed by atoms with van der Waals surface area (Å²) >= 11 is 0. The zero-order valence-electron chi connectivity index (χ0n) is 50.8. The summed E-state index contributed by atoms with van der Waals surface area (Å²) in [6.45, 7) is 40.6. The monoisotopic (exact) mass is 1040 g/mol. The van der Waals surface area contributed by atoms with Gasteiger partial charge in [-0.1, -0.05) is 255 Å². The molecule has 0 spiro atoms. The Morgan fingerprint density at radius 3 is 0.520 bits per heavy atom. The molecule has 0 bridgehead atoms. The minimum Gasteiger partial charge on any atom is -0.457 e. The van der Waals surface area contributed by atoms with Crippen molar-refractivity contribution >= 4 is 43.1 Å². The predicted molar refractivity (Wildman–Crippen MR) is 339 cm³/mol. The largest absolute Gasteiger partial charge is 0.457 e. The second-order valence-corrected chi connectivity index (χ2v) is 15.2. The van der Waals surface area contributed by atoms with Crippen LogP contribution in [-0.2, 0) is 0 Å². The molecule has 0 fully saturated rings. The lowest BCUT2D eigenvalue weighted by atomic mass is 10.1. The highest BCUT2D eigenvalue weighted by Gasteiger charge is 2.01. The molecular formula is C68H110O7. The normalized spacial score (nSPS) is 8.43. The van der Waals surface area contributed by atoms with Crippen molar-refractivity contribution in [2.75, 3.05) is 39.6 Å². The standard InChI is InChI=1S/C20H14O.2C10H8.2C4H10.6C2H6O.4C2H6/c1-3-7-17-13-19(11-9-15(17)5-1)21-20-12-10-16-6-2-4-8-18(16)14-20;2*1-2-6-10-8-4-3-7-9(10)5-1;2*1-4(2)3;6*1-2-3;4*1-2/h1-14H;2*1-8H;2*4H,1-3H3;6*3H,2H2,1H3;4*1-2H3. The number of fused-ring (bicyclic) bond motifs is 4. The first-order valence-corrected chi connectivity index (χ1v) is 27.5. The summed E-state index contributed by atoms with van der Waals surface area (Å²) in [4.78, 5) is 0. The van der Waals surface area contributed by atoms with E-state index in [2.05, 4.69) is 187 Å². The first-order chi connectivity index (χ1) is 36.3. The summed E-state index contributed by atoms with van der Waals surface area (Å²) in [6, 6.07) is 62.4. The zero-order chi connectivity index (χ0) is 59.1. The van der Waals surface area contributed by atoms with Crippen LogP contribution < -0.4 is 4.74 Å². The molecule has 0 aliphatic carbocycles. The van der Waals surface area contributed by atoms with E-state index < -0.39 is 0 Å². The fourth-order valence-corrected chi connectivity index (χ4v) is 4.86. The third-order valence-corrected chi connectivity index (χ3v) is 6.99. The van der Waals surface area contributed by atoms with E-state index in [1.807, 2.05) is 91.8 Å². The summed E-state index contributed by atoms with van der Waals surface area (Å²) in [6.07, 6.45) is 0. The van der Waals surface area contributed by atoms with E-state index in [1.165, 1.54) is 43.1 Å². The molecule has 75 heavy (non-hydrogen) atoms. The molecule has 6 N–H and O–H groups in total. The Morgan fingerprint density at radius 1 is 0.253 bits per heavy atom. The van der Waals surface area contributed by atoms with Gasteiger partial charge in [-0.25, -0.2) is 0 Å². The van der Waals surface area contributed by atoms with Gasteiger partial charge in [0.15, 0.2) is 0 Å². The highest BCUT2D eigenvalue weighted by Crippen LogP contribution is 2.28. The summed E-state index contributed by atoms with van der Waals surface area (Å²) in [5.74, 6) is 3.40. The fraction of sp³-hybridized carbons (Fsp3) is 0.412. The number of hydrogen-bond acceptors (Lipinski definition) is 7. The van der Waals surface area contributed by atoms with Crippen LogP contribution in [0.4, 0.5) is 0 Å². The van der Waals surface area contributed by atoms with E-state index in [0.29, 0.717) is 0 Å². The van der Waals surface area contributed by atoms with E-state index in [-0.39, 0.29) is 39.6 Å². The van der Waals surface area contributed by atoms with E-state index in [4.69, 9.17) is 35.4 Å². The molecule has 8 rings (SSSR count). The molecular weight excluding hydrogens is 929 g/mol. The molecule has 8 aromatic carbocycles. The van der Waals surface area contributed by atoms with Crippen LogP contribution >= 0.6 is 0 Å². The quantitative estimate of drug-likeness (QED) is 0.102. The maximum atomic E-state index is 7.57. The van der Waals surface area contributed by atoms with Crippen molar-refractivity contribution in [1.82, 2.24) is 0 Å². The molecule has 0 saturated heterocycles. The Labute approximate surface area is 460 Å². The van der Waals surface area contributed by atoms with Gasteiger partial charge in [-0.2, -0.15) is 0 Å². The van der Waals surface area contributed by atoms with Crippen LogP contribution in [0.15, 0.2) is 182 Å². The molecule has 0 atom stereocenters. The maximum absolute atomic E-state index is 7.57. The van der Waals surface area contributed by atoms with Crippen molar-refractivity contribution < 1.29 is 35.4 Å². The molecule has 0 unspecified atom stereocenters. The Morgan fingerprint density at radius 2 is 0.373 bits per heavy atom. The van der Waals surface area contributed by atoms with Crippen LogP contribution in [0.3, 0.4) is 0 Å². The van der Waals surface area contributed by atoms with Gasteiger partial charge in [-0.3, -0.25) is 0 Å². The fourth-order valence-electron chi connectivity index (χ4n) is 4.86. The van der Waals surface area contributed by atoms with Gasteiger partial charge in [-0.15, -0.1) is 0 Å². The van der Waals surface area contributed by atoms with Crippen molar-refractivity contribution in [1.29, 1.82) is 0 Å². The molecule has 0 saturated carbocycles. The minimum atomic E-state index is 0.250. The van der Waals surface area contributed by atoms with Crippen molar-refractivity contribution in [3.8, 4) is 11.5 Å². The van der Waals surface area contributed by atoms with Gasteiger partial charge < -0.3 is 35.4 Å². The lowest BCUT2D eigenvalue weighted by Crippen LogP contribution is -1.84. The highest BCUT2D eigenvalue weighted by molar-refractivity contribution is 5.85. The number of benzene rings is 8. The molecule has 0 aliphatic rings. The number of ether oxygens (including phenoxy) is 1. The van der Waals surface area contributed by atoms with Gasteiger partial charge in [0.2, 0.25) is 0 Å². The van der Waals surface area contributed by atoms with E-state index in [9.17, 15) is 0 Å². The van der Waals surface area contributed by atoms with E-state index >= 15 is 0 Å². The number of aliphatic hydroxyl groups is 6. The summed E-state index contributed by atoms with van der Waals surface area (Å²) in [7, 11) is 0. The van der Waals surface area contributed by atoms with Crippen LogP contribution in [0.1, 0.15) is 138 Å². The number of aliphatic hydroxyl groups excluding tert-OH is 6. The van der Waals surface area contributed by atoms with Gasteiger partial charge in [0, 0.05) is 39.6 Å². The molecule has 0 heterocycles. The molecule has 0 aromatic heterocycles. The summed E-state index contributed by atoms with van der Waals surface area (Å²) in [5.41, 5.74) is 0. The second-order valence-electron chi connectivity index (χ2n) is 15.2. The minimum absolute atomic E-state index is 0.250. The van der Waals surface area contributed by atoms with Gasteiger partial charge in [0.1, 0.15) is 11.5 Å². The van der Waals surface area contributed by atoms with Crippen LogP contribution in [0.5, 0.6) is 11.5 Å². The van der Waals surface area contributed by atoms with E-state index in [0.717, 1.165) is 23.3 Å². The third-order valence-electron chi connectivity index (χ3n) is 6.99. The topological polar surface area (TPSA) is 131 Å². The van der Waals surface area contributed by atoms with Crippen LogP contribution in [-0.4, -0.2) is 70.3 Å². The number of rotatable bonds is 2. The molecule has 0 radical (unpaired) electrons. The molecule has 0 amide bonds. The number of hydrogen-bond donors (Lipinski definition) is 6. The van der Waals surface area contributed by atoms with Crippen molar-refractivity contribution in [3.05, 3.63) is 182 Å². The lowest BCUT2D eigenvalue weighted by molar-refractivity contribution is 0.318. The Hall–Kier alpha value is -5.64. The summed E-state index contributed by atoms with van der Waals surface area (Å²) in [5, 5.41) is 55.5. The molecule has 8 aromatic rings.